The lowest BCUT2D eigenvalue weighted by molar-refractivity contribution is -0.172. The van der Waals surface area contributed by atoms with E-state index in [0.29, 0.717) is 12.5 Å². The van der Waals surface area contributed by atoms with E-state index in [9.17, 15) is 5.11 Å². The van der Waals surface area contributed by atoms with Gasteiger partial charge < -0.3 is 15.5 Å². The van der Waals surface area contributed by atoms with Crippen molar-refractivity contribution in [2.45, 2.75) is 70.1 Å². The standard InChI is InChI=1S/C23H31NO2/c1-17(22-11-20-10-21(12-22)14-23(26,13-20)16-22)24-15-19-7-5-18(6-8-19)4-2-3-9-25/h5-8,17,20-21,24-26H,3,9-16H2,1H3. The third-order valence-electron chi connectivity index (χ3n) is 7.03. The molecule has 140 valence electrons. The van der Waals surface area contributed by atoms with Gasteiger partial charge in [0.15, 0.2) is 0 Å². The first kappa shape index (κ1) is 18.0. The number of hydrogen-bond acceptors (Lipinski definition) is 3. The van der Waals surface area contributed by atoms with Crippen LogP contribution in [0.5, 0.6) is 0 Å². The molecule has 0 radical (unpaired) electrons. The van der Waals surface area contributed by atoms with Crippen LogP contribution >= 0.6 is 0 Å². The molecule has 3 heteroatoms. The van der Waals surface area contributed by atoms with Crippen LogP contribution in [-0.4, -0.2) is 28.5 Å². The van der Waals surface area contributed by atoms with Gasteiger partial charge in [0, 0.05) is 24.6 Å². The Labute approximate surface area is 157 Å². The summed E-state index contributed by atoms with van der Waals surface area (Å²) in [6.07, 6.45) is 7.51. The van der Waals surface area contributed by atoms with E-state index in [4.69, 9.17) is 5.11 Å². The summed E-state index contributed by atoms with van der Waals surface area (Å²) >= 11 is 0. The summed E-state index contributed by atoms with van der Waals surface area (Å²) in [5, 5.41) is 23.5. The topological polar surface area (TPSA) is 52.5 Å². The molecule has 0 aromatic heterocycles. The summed E-state index contributed by atoms with van der Waals surface area (Å²) < 4.78 is 0. The van der Waals surface area contributed by atoms with E-state index in [-0.39, 0.29) is 17.6 Å². The zero-order valence-corrected chi connectivity index (χ0v) is 15.8. The Balaban J connectivity index is 1.37. The summed E-state index contributed by atoms with van der Waals surface area (Å²) in [5.41, 5.74) is 2.18. The van der Waals surface area contributed by atoms with Gasteiger partial charge in [0.05, 0.1) is 12.2 Å². The maximum Gasteiger partial charge on any atom is 0.0659 e. The van der Waals surface area contributed by atoms with Crippen LogP contribution in [-0.2, 0) is 6.54 Å². The molecule has 1 aromatic rings. The van der Waals surface area contributed by atoms with Crippen molar-refractivity contribution in [1.29, 1.82) is 0 Å². The molecule has 1 aromatic carbocycles. The Bertz CT molecular complexity index is 685. The molecule has 4 aliphatic carbocycles. The van der Waals surface area contributed by atoms with Gasteiger partial charge in [-0.1, -0.05) is 24.0 Å². The smallest absolute Gasteiger partial charge is 0.0659 e. The fraction of sp³-hybridized carbons (Fsp3) is 0.652. The molecule has 3 unspecified atom stereocenters. The second kappa shape index (κ2) is 7.00. The molecule has 5 rings (SSSR count). The maximum absolute atomic E-state index is 11.0. The van der Waals surface area contributed by atoms with E-state index < -0.39 is 0 Å². The van der Waals surface area contributed by atoms with Gasteiger partial charge in [-0.25, -0.2) is 0 Å². The lowest BCUT2D eigenvalue weighted by Crippen LogP contribution is -2.61. The number of hydrogen-bond donors (Lipinski definition) is 3. The summed E-state index contributed by atoms with van der Waals surface area (Å²) in [4.78, 5) is 0. The van der Waals surface area contributed by atoms with Crippen molar-refractivity contribution in [2.75, 3.05) is 6.61 Å². The fourth-order valence-corrected chi connectivity index (χ4v) is 6.20. The quantitative estimate of drug-likeness (QED) is 0.713. The molecule has 0 spiro atoms. The molecule has 4 aliphatic rings. The maximum atomic E-state index is 11.0. The SMILES string of the molecule is CC(NCc1ccc(C#CCCO)cc1)C12CC3CC(CC(O)(C3)C1)C2. The van der Waals surface area contributed by atoms with E-state index in [2.05, 4.69) is 48.3 Å². The van der Waals surface area contributed by atoms with Crippen LogP contribution in [0.3, 0.4) is 0 Å². The minimum atomic E-state index is -0.380. The predicted molar refractivity (Wildman–Crippen MR) is 103 cm³/mol. The van der Waals surface area contributed by atoms with Gasteiger partial charge in [-0.05, 0) is 80.4 Å². The molecule has 4 fully saturated rings. The highest BCUT2D eigenvalue weighted by atomic mass is 16.3. The summed E-state index contributed by atoms with van der Waals surface area (Å²) in [7, 11) is 0. The highest BCUT2D eigenvalue weighted by molar-refractivity contribution is 5.36. The fourth-order valence-electron chi connectivity index (χ4n) is 6.20. The zero-order valence-electron chi connectivity index (χ0n) is 15.8. The number of aliphatic hydroxyl groups is 2. The summed E-state index contributed by atoms with van der Waals surface area (Å²) in [5.74, 6) is 7.51. The van der Waals surface area contributed by atoms with Gasteiger partial charge in [0.2, 0.25) is 0 Å². The van der Waals surface area contributed by atoms with Crippen LogP contribution in [0.4, 0.5) is 0 Å². The van der Waals surface area contributed by atoms with Crippen molar-refractivity contribution in [1.82, 2.24) is 5.32 Å². The first-order valence-electron chi connectivity index (χ1n) is 10.1. The Morgan fingerprint density at radius 1 is 1.15 bits per heavy atom. The summed E-state index contributed by atoms with van der Waals surface area (Å²) in [6, 6.07) is 8.81. The van der Waals surface area contributed by atoms with Crippen LogP contribution in [0.2, 0.25) is 0 Å². The Hall–Kier alpha value is -1.34. The van der Waals surface area contributed by atoms with Crippen LogP contribution in [0.15, 0.2) is 24.3 Å². The number of nitrogens with one attached hydrogen (secondary N) is 1. The molecule has 3 atom stereocenters. The highest BCUT2D eigenvalue weighted by Crippen LogP contribution is 2.62. The normalized spacial score (nSPS) is 35.8. The lowest BCUT2D eigenvalue weighted by Gasteiger charge is -2.62. The molecule has 26 heavy (non-hydrogen) atoms. The van der Waals surface area contributed by atoms with Crippen LogP contribution in [0, 0.1) is 29.1 Å². The van der Waals surface area contributed by atoms with E-state index >= 15 is 0 Å². The predicted octanol–water partition coefficient (Wildman–Crippen LogP) is 3.23. The molecule has 3 nitrogen and oxygen atoms in total. The minimum absolute atomic E-state index is 0.117. The third kappa shape index (κ3) is 3.56. The monoisotopic (exact) mass is 353 g/mol. The van der Waals surface area contributed by atoms with Gasteiger partial charge in [-0.2, -0.15) is 0 Å². The van der Waals surface area contributed by atoms with E-state index in [1.54, 1.807) is 0 Å². The molecular weight excluding hydrogens is 322 g/mol. The van der Waals surface area contributed by atoms with Crippen molar-refractivity contribution in [2.24, 2.45) is 17.3 Å². The molecule has 0 aliphatic heterocycles. The van der Waals surface area contributed by atoms with Crippen LogP contribution < -0.4 is 5.32 Å². The first-order chi connectivity index (χ1) is 12.5. The molecule has 3 N–H and O–H groups in total. The van der Waals surface area contributed by atoms with Gasteiger partial charge in [-0.15, -0.1) is 0 Å². The van der Waals surface area contributed by atoms with E-state index in [0.717, 1.165) is 43.2 Å². The third-order valence-corrected chi connectivity index (χ3v) is 7.03. The van der Waals surface area contributed by atoms with Gasteiger partial charge >= 0.3 is 0 Å². The van der Waals surface area contributed by atoms with Gasteiger partial charge in [0.25, 0.3) is 0 Å². The Morgan fingerprint density at radius 3 is 2.46 bits per heavy atom. The van der Waals surface area contributed by atoms with Crippen LogP contribution in [0.1, 0.15) is 63.0 Å². The minimum Gasteiger partial charge on any atom is -0.395 e. The van der Waals surface area contributed by atoms with Crippen molar-refractivity contribution >= 4 is 0 Å². The number of benzene rings is 1. The first-order valence-corrected chi connectivity index (χ1v) is 10.1. The average Bonchev–Trinajstić information content (AvgIpc) is 2.59. The second-order valence-electron chi connectivity index (χ2n) is 9.12. The molecular formula is C23H31NO2. The van der Waals surface area contributed by atoms with Crippen LogP contribution in [0.25, 0.3) is 0 Å². The zero-order chi connectivity index (χ0) is 18.2. The van der Waals surface area contributed by atoms with Crippen molar-refractivity contribution in [3.63, 3.8) is 0 Å². The van der Waals surface area contributed by atoms with Crippen molar-refractivity contribution in [3.8, 4) is 11.8 Å². The number of rotatable bonds is 5. The largest absolute Gasteiger partial charge is 0.395 e. The molecule has 4 bridgehead atoms. The van der Waals surface area contributed by atoms with E-state index in [1.165, 1.54) is 24.8 Å². The molecule has 0 saturated heterocycles. The van der Waals surface area contributed by atoms with Crippen molar-refractivity contribution in [3.05, 3.63) is 35.4 Å². The summed E-state index contributed by atoms with van der Waals surface area (Å²) in [6.45, 7) is 3.30. The average molecular weight is 354 g/mol. The van der Waals surface area contributed by atoms with Gasteiger partial charge in [-0.3, -0.25) is 0 Å². The number of aliphatic hydroxyl groups excluding tert-OH is 1. The second-order valence-corrected chi connectivity index (χ2v) is 9.12. The van der Waals surface area contributed by atoms with Gasteiger partial charge in [0.1, 0.15) is 0 Å². The molecule has 0 heterocycles. The van der Waals surface area contributed by atoms with Crippen molar-refractivity contribution < 1.29 is 10.2 Å². The Morgan fingerprint density at radius 2 is 1.85 bits per heavy atom. The molecule has 4 saturated carbocycles. The lowest BCUT2D eigenvalue weighted by atomic mass is 9.46. The Kier molecular flexibility index (Phi) is 4.86. The van der Waals surface area contributed by atoms with E-state index in [1.807, 2.05) is 0 Å². The molecule has 0 amide bonds. The highest BCUT2D eigenvalue weighted by Gasteiger charge is 2.58.